The molecule has 0 N–H and O–H groups in total. The van der Waals surface area contributed by atoms with Crippen LogP contribution in [-0.2, 0) is 41.5 Å². The molecule has 1 heteroatoms. The average molecular weight is 932 g/mol. The normalized spacial score (nSPS) is 12.5. The zero-order valence-electron chi connectivity index (χ0n) is 39.4. The molecule has 0 aromatic heterocycles. The summed E-state index contributed by atoms with van der Waals surface area (Å²) in [5, 5.41) is 0. The van der Waals surface area contributed by atoms with Gasteiger partial charge in [-0.2, -0.15) is 6.08 Å². The third kappa shape index (κ3) is 11.0. The molecule has 324 valence electrons. The first-order valence-electron chi connectivity index (χ1n) is 23.4. The molecule has 0 bridgehead atoms. The van der Waals surface area contributed by atoms with Crippen LogP contribution in [0.15, 0.2) is 218 Å². The van der Waals surface area contributed by atoms with Crippen molar-refractivity contribution < 1.29 is 24.2 Å². The summed E-state index contributed by atoms with van der Waals surface area (Å²) in [5.74, 6) is 0.567. The molecule has 0 spiro atoms. The Morgan fingerprint density at radius 3 is 1.26 bits per heavy atom. The zero-order chi connectivity index (χ0) is 46.1. The van der Waals surface area contributed by atoms with Crippen molar-refractivity contribution in [1.29, 1.82) is 0 Å². The van der Waals surface area contributed by atoms with Crippen molar-refractivity contribution in [3.8, 4) is 33.4 Å². The molecule has 0 saturated heterocycles. The van der Waals surface area contributed by atoms with Crippen molar-refractivity contribution in [3.05, 3.63) is 275 Å². The topological polar surface area (TPSA) is 0 Å². The van der Waals surface area contributed by atoms with E-state index in [-0.39, 0.29) is 22.7 Å². The summed E-state index contributed by atoms with van der Waals surface area (Å²) >= 11 is 1.47. The Kier molecular flexibility index (Phi) is 14.9. The van der Waals surface area contributed by atoms with Gasteiger partial charge in [-0.1, -0.05) is 131 Å². The van der Waals surface area contributed by atoms with Gasteiger partial charge >= 0.3 is 183 Å². The molecule has 0 fully saturated rings. The van der Waals surface area contributed by atoms with Gasteiger partial charge in [0.05, 0.1) is 0 Å². The van der Waals surface area contributed by atoms with Gasteiger partial charge in [-0.3, -0.25) is 6.08 Å². The molecule has 8 aromatic rings. The van der Waals surface area contributed by atoms with E-state index in [4.69, 9.17) is 0 Å². The second-order valence-electron chi connectivity index (χ2n) is 19.4. The Morgan fingerprint density at radius 1 is 0.470 bits per heavy atom. The minimum atomic E-state index is 0.0380. The maximum absolute atomic E-state index is 3.88. The summed E-state index contributed by atoms with van der Waals surface area (Å²) in [6.45, 7) is 13.9. The van der Waals surface area contributed by atoms with Gasteiger partial charge in [-0.15, -0.1) is 35.2 Å². The molecule has 10 rings (SSSR count). The molecule has 0 saturated carbocycles. The van der Waals surface area contributed by atoms with Gasteiger partial charge in [0.15, 0.2) is 0 Å². The standard InChI is InChI=1S/C33H33.C27H22.C5H5.Zr/c1-32(2,3)30-20-26-24(18-28(30)22-13-9-7-10-14-22)17-25-19-29(23-15-11-8-12-16-23)31(21-27(25)26)33(4,5)6;1-5-13-22(14-6-1)26(23-15-7-2-8-16-23)21-27(24-17-9-3-10-18-24)25-19-11-4-12-20-25;1-2-4-5-3-1;/h7-16,18,20-21H,17H2,1-6H3;1-20,26-27H;1-3H,4H2;/q-1;;-1;+2. The molecule has 0 aliphatic heterocycles. The van der Waals surface area contributed by atoms with Crippen LogP contribution in [0.3, 0.4) is 0 Å². The van der Waals surface area contributed by atoms with Crippen molar-refractivity contribution in [3.63, 3.8) is 0 Å². The Labute approximate surface area is 410 Å². The molecule has 66 heavy (non-hydrogen) atoms. The summed E-state index contributed by atoms with van der Waals surface area (Å²) in [5.41, 5.74) is 18.9. The molecule has 8 aromatic carbocycles. The van der Waals surface area contributed by atoms with Crippen LogP contribution in [0.4, 0.5) is 0 Å². The Morgan fingerprint density at radius 2 is 0.879 bits per heavy atom. The van der Waals surface area contributed by atoms with Crippen LogP contribution in [-0.4, -0.2) is 3.21 Å². The predicted octanol–water partition coefficient (Wildman–Crippen LogP) is 16.7. The second-order valence-corrected chi connectivity index (χ2v) is 20.8. The number of allylic oxidation sites excluding steroid dienone is 4. The van der Waals surface area contributed by atoms with E-state index in [1.807, 2.05) is 12.2 Å². The monoisotopic (exact) mass is 930 g/mol. The molecular weight excluding hydrogens is 872 g/mol. The fourth-order valence-corrected chi connectivity index (χ4v) is 10.9. The van der Waals surface area contributed by atoms with E-state index >= 15 is 0 Å². The Balaban J connectivity index is 0.000000164. The molecule has 0 nitrogen and oxygen atoms in total. The van der Waals surface area contributed by atoms with Gasteiger partial charge < -0.3 is 0 Å². The van der Waals surface area contributed by atoms with Gasteiger partial charge in [0.1, 0.15) is 0 Å². The van der Waals surface area contributed by atoms with Crippen molar-refractivity contribution in [2.75, 3.05) is 0 Å². The summed E-state index contributed by atoms with van der Waals surface area (Å²) in [4.78, 5) is 0. The summed E-state index contributed by atoms with van der Waals surface area (Å²) in [7, 11) is 0. The Bertz CT molecular complexity index is 2620. The molecule has 0 unspecified atom stereocenters. The van der Waals surface area contributed by atoms with Crippen LogP contribution in [0.2, 0.25) is 0 Å². The molecule has 2 aliphatic rings. The number of benzene rings is 8. The van der Waals surface area contributed by atoms with Crippen molar-refractivity contribution in [2.24, 2.45) is 0 Å². The Hall–Kier alpha value is -6.01. The summed E-state index contributed by atoms with van der Waals surface area (Å²) < 4.78 is 1.53. The van der Waals surface area contributed by atoms with E-state index in [0.717, 1.165) is 12.8 Å². The van der Waals surface area contributed by atoms with Crippen LogP contribution < -0.4 is 0 Å². The van der Waals surface area contributed by atoms with Gasteiger partial charge in [0.25, 0.3) is 0 Å². The van der Waals surface area contributed by atoms with Gasteiger partial charge in [-0.05, 0) is 39.5 Å². The molecule has 0 radical (unpaired) electrons. The number of hydrogen-bond donors (Lipinski definition) is 0. The van der Waals surface area contributed by atoms with E-state index < -0.39 is 0 Å². The van der Waals surface area contributed by atoms with E-state index in [9.17, 15) is 0 Å². The first-order valence-corrected chi connectivity index (χ1v) is 24.6. The van der Waals surface area contributed by atoms with Crippen LogP contribution in [0, 0.1) is 12.1 Å². The van der Waals surface area contributed by atoms with Crippen LogP contribution in [0.25, 0.3) is 33.4 Å². The SMILES string of the molecule is CC(C)(C)c1cc2c([c-]c1-c1ccccc1)Cc1cc(-c3ccccc3)c(C(C)(C)C)cc1-2.[C-]1=CC=CC1.[Zr+2]=[C](C(c1ccccc1)c1ccccc1)C(c1ccccc1)c1ccccc1. The minimum absolute atomic E-state index is 0.0380. The molecule has 2 aliphatic carbocycles. The summed E-state index contributed by atoms with van der Waals surface area (Å²) in [6, 6.07) is 76.5. The second kappa shape index (κ2) is 21.1. The fourth-order valence-electron chi connectivity index (χ4n) is 9.29. The van der Waals surface area contributed by atoms with Crippen LogP contribution in [0.1, 0.15) is 104 Å². The third-order valence-electron chi connectivity index (χ3n) is 12.6. The van der Waals surface area contributed by atoms with Gasteiger partial charge in [0, 0.05) is 0 Å². The third-order valence-corrected chi connectivity index (χ3v) is 14.0. The van der Waals surface area contributed by atoms with Gasteiger partial charge in [-0.25, -0.2) is 12.2 Å². The molecule has 0 amide bonds. The van der Waals surface area contributed by atoms with E-state index in [1.54, 1.807) is 0 Å². The predicted molar refractivity (Wildman–Crippen MR) is 278 cm³/mol. The number of fused-ring (bicyclic) bond motifs is 3. The maximum atomic E-state index is 3.88. The van der Waals surface area contributed by atoms with Crippen molar-refractivity contribution in [1.82, 2.24) is 0 Å². The van der Waals surface area contributed by atoms with Crippen LogP contribution in [0.5, 0.6) is 0 Å². The van der Waals surface area contributed by atoms with E-state index in [2.05, 4.69) is 260 Å². The van der Waals surface area contributed by atoms with E-state index in [1.165, 1.54) is 105 Å². The fraction of sp³-hybridized carbons (Fsp3) is 0.185. The first kappa shape index (κ1) is 46.5. The first-order chi connectivity index (χ1) is 32.0. The zero-order valence-corrected chi connectivity index (χ0v) is 41.8. The quantitative estimate of drug-likeness (QED) is 0.133. The molecular formula is C65H60Zr. The van der Waals surface area contributed by atoms with Crippen LogP contribution >= 0.6 is 0 Å². The number of rotatable bonds is 8. The average Bonchev–Trinajstić information content (AvgIpc) is 4.05. The number of hydrogen-bond acceptors (Lipinski definition) is 0. The molecule has 0 heterocycles. The van der Waals surface area contributed by atoms with Crippen molar-refractivity contribution in [2.45, 2.75) is 77.0 Å². The van der Waals surface area contributed by atoms with E-state index in [0.29, 0.717) is 0 Å². The van der Waals surface area contributed by atoms with Crippen molar-refractivity contribution >= 4 is 3.21 Å². The molecule has 0 atom stereocenters. The summed E-state index contributed by atoms with van der Waals surface area (Å²) in [6.07, 6.45) is 10.9. The van der Waals surface area contributed by atoms with Gasteiger partial charge in [0.2, 0.25) is 0 Å².